The first kappa shape index (κ1) is 22.0. The standard InChI is InChI=1S/C28H25F2NO4/c1-12-3-5-14-7-16(29)9-18-23(14)22(12)27(34)20(25(18)32)11-21-26(33)19-10-17(30)8-15-6-4-13(2)31(24(15)19)28(21)35/h7-10,12-13,22,32-33H,3-6,11H2,1-2H3/t12-,13+,22-/m1/s1. The fourth-order valence-corrected chi connectivity index (χ4v) is 6.38. The van der Waals surface area contributed by atoms with E-state index in [4.69, 9.17) is 0 Å². The van der Waals surface area contributed by atoms with Gasteiger partial charge in [0.15, 0.2) is 5.78 Å². The number of benzene rings is 2. The molecule has 0 bridgehead atoms. The van der Waals surface area contributed by atoms with E-state index in [0.29, 0.717) is 42.3 Å². The van der Waals surface area contributed by atoms with Crippen molar-refractivity contribution < 1.29 is 23.8 Å². The molecule has 3 atom stereocenters. The number of aliphatic hydroxyl groups is 1. The molecule has 3 aromatic rings. The fraction of sp³-hybridized carbons (Fsp3) is 0.357. The van der Waals surface area contributed by atoms with Crippen LogP contribution in [0.2, 0.25) is 0 Å². The number of aliphatic hydroxyl groups excluding tert-OH is 1. The predicted molar refractivity (Wildman–Crippen MR) is 128 cm³/mol. The van der Waals surface area contributed by atoms with E-state index in [9.17, 15) is 28.6 Å². The normalized spacial score (nSPS) is 23.1. The Labute approximate surface area is 200 Å². The van der Waals surface area contributed by atoms with Crippen LogP contribution in [0.5, 0.6) is 5.75 Å². The number of carbonyl (C=O) groups is 1. The summed E-state index contributed by atoms with van der Waals surface area (Å²) in [5, 5.41) is 22.5. The molecule has 2 N–H and O–H groups in total. The molecule has 1 aromatic heterocycles. The summed E-state index contributed by atoms with van der Waals surface area (Å²) in [4.78, 5) is 27.3. The number of aryl methyl sites for hydroxylation is 2. The van der Waals surface area contributed by atoms with E-state index in [-0.39, 0.29) is 57.8 Å². The molecule has 35 heavy (non-hydrogen) atoms. The van der Waals surface area contributed by atoms with Gasteiger partial charge in [0.1, 0.15) is 23.1 Å². The molecular weight excluding hydrogens is 452 g/mol. The molecule has 5 nitrogen and oxygen atoms in total. The molecule has 2 aromatic carbocycles. The molecule has 0 saturated heterocycles. The summed E-state index contributed by atoms with van der Waals surface area (Å²) in [6.45, 7) is 3.85. The van der Waals surface area contributed by atoms with E-state index in [1.807, 2.05) is 13.8 Å². The van der Waals surface area contributed by atoms with Gasteiger partial charge in [-0.2, -0.15) is 0 Å². The SMILES string of the molecule is C[C@@H]1CCc2cc(F)cc3c2[C@@H]1C(=O)C(Cc1c(O)c2cc(F)cc4c2n(c1=O)[C@@H](C)CC4)=C3O. The van der Waals surface area contributed by atoms with Gasteiger partial charge < -0.3 is 14.8 Å². The number of rotatable bonds is 2. The average molecular weight is 478 g/mol. The van der Waals surface area contributed by atoms with Crippen molar-refractivity contribution in [2.45, 2.75) is 57.9 Å². The van der Waals surface area contributed by atoms with Crippen molar-refractivity contribution in [2.75, 3.05) is 0 Å². The minimum absolute atomic E-state index is 0.0209. The van der Waals surface area contributed by atoms with E-state index < -0.39 is 23.1 Å². The van der Waals surface area contributed by atoms with Crippen molar-refractivity contribution in [1.29, 1.82) is 0 Å². The molecule has 3 aliphatic rings. The first-order valence-electron chi connectivity index (χ1n) is 12.0. The van der Waals surface area contributed by atoms with Gasteiger partial charge in [-0.3, -0.25) is 9.59 Å². The molecule has 180 valence electrons. The van der Waals surface area contributed by atoms with E-state index in [1.165, 1.54) is 24.3 Å². The van der Waals surface area contributed by atoms with Gasteiger partial charge in [0.2, 0.25) is 0 Å². The molecule has 7 heteroatoms. The molecule has 0 fully saturated rings. The number of pyridine rings is 1. The smallest absolute Gasteiger partial charge is 0.258 e. The van der Waals surface area contributed by atoms with Crippen LogP contribution in [-0.2, 0) is 24.1 Å². The van der Waals surface area contributed by atoms with Crippen LogP contribution in [0.25, 0.3) is 16.7 Å². The third-order valence-corrected chi connectivity index (χ3v) is 8.14. The number of ketones is 1. The maximum Gasteiger partial charge on any atom is 0.258 e. The van der Waals surface area contributed by atoms with Gasteiger partial charge in [0.25, 0.3) is 5.56 Å². The molecule has 0 spiro atoms. The van der Waals surface area contributed by atoms with E-state index >= 15 is 0 Å². The number of carbonyl (C=O) groups excluding carboxylic acids is 1. The molecule has 2 heterocycles. The Morgan fingerprint density at radius 1 is 0.971 bits per heavy atom. The van der Waals surface area contributed by atoms with E-state index in [1.54, 1.807) is 4.57 Å². The van der Waals surface area contributed by atoms with Crippen molar-refractivity contribution in [2.24, 2.45) is 5.92 Å². The highest BCUT2D eigenvalue weighted by molar-refractivity contribution is 6.09. The van der Waals surface area contributed by atoms with Crippen LogP contribution in [0, 0.1) is 17.6 Å². The van der Waals surface area contributed by atoms with Crippen molar-refractivity contribution in [3.05, 3.63) is 79.6 Å². The molecule has 6 rings (SSSR count). The lowest BCUT2D eigenvalue weighted by Gasteiger charge is -2.36. The van der Waals surface area contributed by atoms with Crippen molar-refractivity contribution in [3.63, 3.8) is 0 Å². The van der Waals surface area contributed by atoms with Crippen molar-refractivity contribution >= 4 is 22.4 Å². The monoisotopic (exact) mass is 477 g/mol. The molecule has 2 aliphatic carbocycles. The van der Waals surface area contributed by atoms with Crippen LogP contribution in [0.15, 0.2) is 34.6 Å². The Kier molecular flexibility index (Phi) is 4.72. The Morgan fingerprint density at radius 2 is 1.66 bits per heavy atom. The minimum atomic E-state index is -0.549. The Hall–Kier alpha value is -3.48. The second-order valence-electron chi connectivity index (χ2n) is 10.2. The summed E-state index contributed by atoms with van der Waals surface area (Å²) in [5.74, 6) is -2.65. The summed E-state index contributed by atoms with van der Waals surface area (Å²) in [6.07, 6.45) is 2.22. The lowest BCUT2D eigenvalue weighted by Crippen LogP contribution is -2.34. The van der Waals surface area contributed by atoms with Crippen LogP contribution in [0.1, 0.15) is 66.5 Å². The first-order valence-corrected chi connectivity index (χ1v) is 12.0. The molecule has 0 radical (unpaired) electrons. The largest absolute Gasteiger partial charge is 0.507 e. The number of halogens is 2. The number of allylic oxidation sites excluding steroid dienone is 1. The highest BCUT2D eigenvalue weighted by atomic mass is 19.1. The maximum absolute atomic E-state index is 14.4. The molecular formula is C28H25F2NO4. The zero-order chi connectivity index (χ0) is 24.8. The van der Waals surface area contributed by atoms with Crippen LogP contribution >= 0.6 is 0 Å². The zero-order valence-electron chi connectivity index (χ0n) is 19.5. The zero-order valence-corrected chi connectivity index (χ0v) is 19.5. The number of Topliss-reactive ketones (excluding diaryl/α,β-unsaturated/α-hetero) is 1. The second kappa shape index (κ2) is 7.51. The summed E-state index contributed by atoms with van der Waals surface area (Å²) in [7, 11) is 0. The summed E-state index contributed by atoms with van der Waals surface area (Å²) < 4.78 is 30.3. The van der Waals surface area contributed by atoms with Crippen molar-refractivity contribution in [3.8, 4) is 5.75 Å². The van der Waals surface area contributed by atoms with Crippen LogP contribution < -0.4 is 5.56 Å². The van der Waals surface area contributed by atoms with Gasteiger partial charge in [0.05, 0.1) is 17.0 Å². The van der Waals surface area contributed by atoms with Gasteiger partial charge in [-0.15, -0.1) is 0 Å². The fourth-order valence-electron chi connectivity index (χ4n) is 6.38. The number of hydrogen-bond donors (Lipinski definition) is 2. The van der Waals surface area contributed by atoms with E-state index in [0.717, 1.165) is 5.56 Å². The molecule has 0 unspecified atom stereocenters. The summed E-state index contributed by atoms with van der Waals surface area (Å²) in [6, 6.07) is 5.05. The average Bonchev–Trinajstić information content (AvgIpc) is 2.81. The van der Waals surface area contributed by atoms with Gasteiger partial charge >= 0.3 is 0 Å². The lowest BCUT2D eigenvalue weighted by atomic mass is 9.67. The lowest BCUT2D eigenvalue weighted by molar-refractivity contribution is -0.118. The Bertz CT molecular complexity index is 1550. The number of nitrogens with zero attached hydrogens (tertiary/aromatic N) is 1. The molecule has 0 amide bonds. The summed E-state index contributed by atoms with van der Waals surface area (Å²) >= 11 is 0. The maximum atomic E-state index is 14.4. The topological polar surface area (TPSA) is 79.5 Å². The third-order valence-electron chi connectivity index (χ3n) is 8.14. The van der Waals surface area contributed by atoms with Crippen LogP contribution in [0.3, 0.4) is 0 Å². The van der Waals surface area contributed by atoms with Gasteiger partial charge in [-0.05, 0) is 79.5 Å². The quantitative estimate of drug-likeness (QED) is 0.528. The Balaban J connectivity index is 1.59. The van der Waals surface area contributed by atoms with Crippen LogP contribution in [-0.4, -0.2) is 20.6 Å². The first-order chi connectivity index (χ1) is 16.7. The molecule has 1 aliphatic heterocycles. The molecule has 0 saturated carbocycles. The Morgan fingerprint density at radius 3 is 2.43 bits per heavy atom. The number of aromatic hydroxyl groups is 1. The van der Waals surface area contributed by atoms with Gasteiger partial charge in [-0.1, -0.05) is 6.92 Å². The minimum Gasteiger partial charge on any atom is -0.507 e. The summed E-state index contributed by atoms with van der Waals surface area (Å²) in [5.41, 5.74) is 2.25. The van der Waals surface area contributed by atoms with Gasteiger partial charge in [-0.25, -0.2) is 8.78 Å². The van der Waals surface area contributed by atoms with Crippen LogP contribution in [0.4, 0.5) is 8.78 Å². The second-order valence-corrected chi connectivity index (χ2v) is 10.2. The predicted octanol–water partition coefficient (Wildman–Crippen LogP) is 5.25. The van der Waals surface area contributed by atoms with Crippen molar-refractivity contribution in [1.82, 2.24) is 4.57 Å². The highest BCUT2D eigenvalue weighted by Gasteiger charge is 2.42. The third kappa shape index (κ3) is 3.03. The number of hydrogen-bond acceptors (Lipinski definition) is 4. The van der Waals surface area contributed by atoms with Gasteiger partial charge in [0, 0.05) is 29.0 Å². The van der Waals surface area contributed by atoms with E-state index in [2.05, 4.69) is 0 Å². The number of aromatic nitrogens is 1. The highest BCUT2D eigenvalue weighted by Crippen LogP contribution is 2.47.